The molecule has 3 aromatic rings. The van der Waals surface area contributed by atoms with Crippen molar-refractivity contribution in [2.45, 2.75) is 27.4 Å². The summed E-state index contributed by atoms with van der Waals surface area (Å²) in [5, 5.41) is 6.85. The standard InChI is InChI=1S/C20H20N2O3/c1-13-8-7-9-14(2)18(13)21-20(23)19-17(15(3)25-22-19)12-24-16-10-5-4-6-11-16/h4-11H,12H2,1-3H3,(H,21,23). The van der Waals surface area contributed by atoms with Gasteiger partial charge in [0.1, 0.15) is 18.1 Å². The van der Waals surface area contributed by atoms with Crippen LogP contribution < -0.4 is 10.1 Å². The van der Waals surface area contributed by atoms with Gasteiger partial charge in [0.25, 0.3) is 5.91 Å². The lowest BCUT2D eigenvalue weighted by Gasteiger charge is -2.11. The van der Waals surface area contributed by atoms with Crippen LogP contribution in [0.15, 0.2) is 53.1 Å². The minimum absolute atomic E-state index is 0.217. The molecule has 0 unspecified atom stereocenters. The SMILES string of the molecule is Cc1cccc(C)c1NC(=O)c1noc(C)c1COc1ccccc1. The summed E-state index contributed by atoms with van der Waals surface area (Å²) in [4.78, 5) is 12.7. The van der Waals surface area contributed by atoms with Gasteiger partial charge in [-0.1, -0.05) is 41.6 Å². The number of benzene rings is 2. The van der Waals surface area contributed by atoms with E-state index in [4.69, 9.17) is 9.26 Å². The lowest BCUT2D eigenvalue weighted by molar-refractivity contribution is 0.101. The Morgan fingerprint density at radius 1 is 1.04 bits per heavy atom. The van der Waals surface area contributed by atoms with Crippen molar-refractivity contribution >= 4 is 11.6 Å². The second-order valence-corrected chi connectivity index (χ2v) is 5.89. The van der Waals surface area contributed by atoms with Crippen LogP contribution in [0.3, 0.4) is 0 Å². The zero-order valence-electron chi connectivity index (χ0n) is 14.5. The average molecular weight is 336 g/mol. The Bertz CT molecular complexity index is 865. The highest BCUT2D eigenvalue weighted by Crippen LogP contribution is 2.22. The zero-order chi connectivity index (χ0) is 17.8. The van der Waals surface area contributed by atoms with E-state index < -0.39 is 0 Å². The molecule has 128 valence electrons. The molecule has 1 heterocycles. The summed E-state index contributed by atoms with van der Waals surface area (Å²) in [5.74, 6) is 0.993. The second kappa shape index (κ2) is 7.21. The van der Waals surface area contributed by atoms with E-state index >= 15 is 0 Å². The summed E-state index contributed by atoms with van der Waals surface area (Å²) in [6, 6.07) is 15.3. The molecule has 0 radical (unpaired) electrons. The third-order valence-electron chi connectivity index (χ3n) is 4.05. The Kier molecular flexibility index (Phi) is 4.84. The number of nitrogens with one attached hydrogen (secondary N) is 1. The van der Waals surface area contributed by atoms with Gasteiger partial charge in [-0.2, -0.15) is 0 Å². The summed E-state index contributed by atoms with van der Waals surface area (Å²) in [5.41, 5.74) is 3.68. The summed E-state index contributed by atoms with van der Waals surface area (Å²) in [7, 11) is 0. The monoisotopic (exact) mass is 336 g/mol. The van der Waals surface area contributed by atoms with E-state index in [1.807, 2.05) is 62.4 Å². The number of carbonyl (C=O) groups is 1. The van der Waals surface area contributed by atoms with Crippen LogP contribution in [-0.4, -0.2) is 11.1 Å². The highest BCUT2D eigenvalue weighted by molar-refractivity contribution is 6.04. The van der Waals surface area contributed by atoms with Gasteiger partial charge < -0.3 is 14.6 Å². The van der Waals surface area contributed by atoms with Gasteiger partial charge in [0.05, 0.1) is 5.56 Å². The number of para-hydroxylation sites is 2. The van der Waals surface area contributed by atoms with Crippen LogP contribution in [0, 0.1) is 20.8 Å². The molecule has 1 N–H and O–H groups in total. The molecule has 0 aliphatic heterocycles. The summed E-state index contributed by atoms with van der Waals surface area (Å²) in [6.45, 7) is 5.90. The van der Waals surface area contributed by atoms with E-state index in [0.717, 1.165) is 22.6 Å². The minimum Gasteiger partial charge on any atom is -0.489 e. The number of carbonyl (C=O) groups excluding carboxylic acids is 1. The fourth-order valence-corrected chi connectivity index (χ4v) is 2.60. The smallest absolute Gasteiger partial charge is 0.278 e. The molecule has 5 heteroatoms. The van der Waals surface area contributed by atoms with Crippen LogP contribution in [0.2, 0.25) is 0 Å². The molecule has 0 aliphatic carbocycles. The number of hydrogen-bond acceptors (Lipinski definition) is 4. The van der Waals surface area contributed by atoms with Crippen LogP contribution in [-0.2, 0) is 6.61 Å². The number of amides is 1. The average Bonchev–Trinajstić information content (AvgIpc) is 2.98. The molecule has 0 saturated carbocycles. The van der Waals surface area contributed by atoms with E-state index in [9.17, 15) is 4.79 Å². The normalized spacial score (nSPS) is 10.5. The van der Waals surface area contributed by atoms with Gasteiger partial charge in [-0.3, -0.25) is 4.79 Å². The Hall–Kier alpha value is -3.08. The van der Waals surface area contributed by atoms with Crippen molar-refractivity contribution in [2.24, 2.45) is 0 Å². The number of anilines is 1. The van der Waals surface area contributed by atoms with E-state index in [-0.39, 0.29) is 18.2 Å². The van der Waals surface area contributed by atoms with Gasteiger partial charge in [-0.25, -0.2) is 0 Å². The van der Waals surface area contributed by atoms with Crippen LogP contribution in [0.4, 0.5) is 5.69 Å². The van der Waals surface area contributed by atoms with Gasteiger partial charge >= 0.3 is 0 Å². The highest BCUT2D eigenvalue weighted by Gasteiger charge is 2.21. The first kappa shape index (κ1) is 16.8. The number of aryl methyl sites for hydroxylation is 3. The zero-order valence-corrected chi connectivity index (χ0v) is 14.5. The predicted octanol–water partition coefficient (Wildman–Crippen LogP) is 4.43. The van der Waals surface area contributed by atoms with Crippen molar-refractivity contribution in [1.29, 1.82) is 0 Å². The molecule has 0 spiro atoms. The number of ether oxygens (including phenoxy) is 1. The first-order valence-electron chi connectivity index (χ1n) is 8.07. The number of aromatic nitrogens is 1. The molecular formula is C20H20N2O3. The van der Waals surface area contributed by atoms with E-state index in [1.54, 1.807) is 6.92 Å². The van der Waals surface area contributed by atoms with Crippen LogP contribution in [0.5, 0.6) is 5.75 Å². The van der Waals surface area contributed by atoms with Gasteiger partial charge in [-0.05, 0) is 44.0 Å². The maximum atomic E-state index is 12.7. The molecule has 1 amide bonds. The largest absolute Gasteiger partial charge is 0.489 e. The van der Waals surface area contributed by atoms with Gasteiger partial charge in [0.2, 0.25) is 0 Å². The van der Waals surface area contributed by atoms with Crippen molar-refractivity contribution in [3.63, 3.8) is 0 Å². The molecular weight excluding hydrogens is 316 g/mol. The van der Waals surface area contributed by atoms with Crippen LogP contribution in [0.25, 0.3) is 0 Å². The Morgan fingerprint density at radius 2 is 1.72 bits per heavy atom. The minimum atomic E-state index is -0.305. The molecule has 0 atom stereocenters. The van der Waals surface area contributed by atoms with Crippen LogP contribution in [0.1, 0.15) is 32.9 Å². The van der Waals surface area contributed by atoms with Crippen molar-refractivity contribution < 1.29 is 14.1 Å². The third kappa shape index (κ3) is 3.71. The molecule has 1 aromatic heterocycles. The lowest BCUT2D eigenvalue weighted by atomic mass is 10.1. The molecule has 0 bridgehead atoms. The Morgan fingerprint density at radius 3 is 2.40 bits per heavy atom. The third-order valence-corrected chi connectivity index (χ3v) is 4.05. The molecule has 5 nitrogen and oxygen atoms in total. The molecule has 3 rings (SSSR count). The molecule has 2 aromatic carbocycles. The molecule has 25 heavy (non-hydrogen) atoms. The molecule has 0 aliphatic rings. The van der Waals surface area contributed by atoms with Gasteiger partial charge in [0, 0.05) is 5.69 Å². The first-order valence-corrected chi connectivity index (χ1v) is 8.07. The van der Waals surface area contributed by atoms with E-state index in [2.05, 4.69) is 10.5 Å². The Balaban J connectivity index is 1.79. The van der Waals surface area contributed by atoms with Crippen molar-refractivity contribution in [1.82, 2.24) is 5.16 Å². The van der Waals surface area contributed by atoms with Crippen LogP contribution >= 0.6 is 0 Å². The fraction of sp³-hybridized carbons (Fsp3) is 0.200. The second-order valence-electron chi connectivity index (χ2n) is 5.89. The Labute approximate surface area is 146 Å². The van der Waals surface area contributed by atoms with E-state index in [1.165, 1.54) is 0 Å². The maximum absolute atomic E-state index is 12.7. The van der Waals surface area contributed by atoms with Crippen molar-refractivity contribution in [2.75, 3.05) is 5.32 Å². The summed E-state index contributed by atoms with van der Waals surface area (Å²) < 4.78 is 11.0. The molecule has 0 fully saturated rings. The van der Waals surface area contributed by atoms with Crippen molar-refractivity contribution in [3.8, 4) is 5.75 Å². The van der Waals surface area contributed by atoms with E-state index in [0.29, 0.717) is 11.3 Å². The number of rotatable bonds is 5. The highest BCUT2D eigenvalue weighted by atomic mass is 16.5. The quantitative estimate of drug-likeness (QED) is 0.748. The summed E-state index contributed by atoms with van der Waals surface area (Å²) in [6.07, 6.45) is 0. The van der Waals surface area contributed by atoms with Crippen molar-refractivity contribution in [3.05, 3.63) is 76.7 Å². The maximum Gasteiger partial charge on any atom is 0.278 e. The number of hydrogen-bond donors (Lipinski definition) is 1. The van der Waals surface area contributed by atoms with Gasteiger partial charge in [-0.15, -0.1) is 0 Å². The topological polar surface area (TPSA) is 64.4 Å². The summed E-state index contributed by atoms with van der Waals surface area (Å²) >= 11 is 0. The fourth-order valence-electron chi connectivity index (χ4n) is 2.60. The lowest BCUT2D eigenvalue weighted by Crippen LogP contribution is -2.16. The predicted molar refractivity (Wildman–Crippen MR) is 95.9 cm³/mol. The number of nitrogens with zero attached hydrogens (tertiary/aromatic N) is 1. The molecule has 0 saturated heterocycles. The first-order chi connectivity index (χ1) is 12.1. The van der Waals surface area contributed by atoms with Gasteiger partial charge in [0.15, 0.2) is 5.69 Å².